The summed E-state index contributed by atoms with van der Waals surface area (Å²) in [7, 11) is -3.47. The van der Waals surface area contributed by atoms with E-state index >= 15 is 0 Å². The summed E-state index contributed by atoms with van der Waals surface area (Å²) in [5.41, 5.74) is 0.417. The monoisotopic (exact) mass is 424 g/mol. The van der Waals surface area contributed by atoms with Crippen LogP contribution in [0.1, 0.15) is 23.2 Å². The van der Waals surface area contributed by atoms with E-state index in [4.69, 9.17) is 4.74 Å². The Labute approximate surface area is 176 Å². The molecule has 1 fully saturated rings. The van der Waals surface area contributed by atoms with Gasteiger partial charge in [-0.1, -0.05) is 36.4 Å². The van der Waals surface area contributed by atoms with Crippen molar-refractivity contribution in [1.82, 2.24) is 9.62 Å². The number of amides is 1. The van der Waals surface area contributed by atoms with E-state index < -0.39 is 10.0 Å². The van der Waals surface area contributed by atoms with E-state index in [1.165, 1.54) is 16.4 Å². The van der Waals surface area contributed by atoms with Crippen molar-refractivity contribution in [1.29, 1.82) is 0 Å². The van der Waals surface area contributed by atoms with Crippen molar-refractivity contribution in [2.75, 3.05) is 26.2 Å². The van der Waals surface area contributed by atoms with Gasteiger partial charge >= 0.3 is 0 Å². The molecule has 0 bridgehead atoms. The van der Waals surface area contributed by atoms with Gasteiger partial charge in [-0.25, -0.2) is 8.42 Å². The lowest BCUT2D eigenvalue weighted by atomic mass is 10.1. The maximum atomic E-state index is 12.6. The summed E-state index contributed by atoms with van der Waals surface area (Å²) in [6.07, 6.45) is 1.78. The first-order valence-electron chi connectivity index (χ1n) is 10.0. The summed E-state index contributed by atoms with van der Waals surface area (Å²) in [6, 6.07) is 19.9. The van der Waals surface area contributed by atoms with E-state index in [1.807, 2.05) is 42.5 Å². The summed E-state index contributed by atoms with van der Waals surface area (Å²) in [4.78, 5) is 12.6. The molecule has 1 amide bonds. The average Bonchev–Trinajstić information content (AvgIpc) is 3.33. The van der Waals surface area contributed by atoms with Crippen LogP contribution in [0.4, 0.5) is 0 Å². The zero-order valence-corrected chi connectivity index (χ0v) is 17.4. The van der Waals surface area contributed by atoms with E-state index in [0.717, 1.165) is 29.4 Å². The van der Waals surface area contributed by atoms with Crippen molar-refractivity contribution >= 4 is 26.7 Å². The maximum absolute atomic E-state index is 12.6. The summed E-state index contributed by atoms with van der Waals surface area (Å²) in [5.74, 6) is 0.514. The molecule has 156 valence electrons. The molecule has 6 nitrogen and oxygen atoms in total. The molecule has 0 unspecified atom stereocenters. The first-order chi connectivity index (χ1) is 14.6. The number of carbonyl (C=O) groups excluding carboxylic acids is 1. The number of nitrogens with zero attached hydrogens (tertiary/aromatic N) is 1. The molecule has 1 saturated heterocycles. The van der Waals surface area contributed by atoms with Crippen molar-refractivity contribution in [3.05, 3.63) is 72.3 Å². The van der Waals surface area contributed by atoms with Crippen molar-refractivity contribution in [2.45, 2.75) is 17.7 Å². The van der Waals surface area contributed by atoms with Crippen LogP contribution in [0.15, 0.2) is 71.6 Å². The molecule has 1 aliphatic heterocycles. The lowest BCUT2D eigenvalue weighted by Gasteiger charge is -2.15. The Morgan fingerprint density at radius 1 is 0.933 bits per heavy atom. The molecular weight excluding hydrogens is 400 g/mol. The number of sulfonamides is 1. The second-order valence-electron chi connectivity index (χ2n) is 7.22. The van der Waals surface area contributed by atoms with Crippen molar-refractivity contribution < 1.29 is 17.9 Å². The molecule has 0 atom stereocenters. The van der Waals surface area contributed by atoms with Crippen LogP contribution in [0.3, 0.4) is 0 Å². The van der Waals surface area contributed by atoms with Gasteiger partial charge in [0.1, 0.15) is 12.4 Å². The Bertz CT molecular complexity index is 1130. The van der Waals surface area contributed by atoms with Gasteiger partial charge in [-0.2, -0.15) is 4.31 Å². The fourth-order valence-electron chi connectivity index (χ4n) is 3.60. The number of nitrogens with one attached hydrogen (secondary N) is 1. The number of rotatable bonds is 7. The molecular formula is C23H24N2O4S. The van der Waals surface area contributed by atoms with Crippen LogP contribution in [0.5, 0.6) is 5.75 Å². The van der Waals surface area contributed by atoms with Gasteiger partial charge in [0.05, 0.1) is 11.4 Å². The standard InChI is InChI=1S/C23H24N2O4S/c26-23(19-10-12-20(13-11-19)30(27,28)25-15-3-4-16-25)24-14-17-29-22-9-5-7-18-6-1-2-8-21(18)22/h1-2,5-13H,3-4,14-17H2,(H,24,26). The van der Waals surface area contributed by atoms with E-state index in [9.17, 15) is 13.2 Å². The zero-order valence-electron chi connectivity index (χ0n) is 16.6. The van der Waals surface area contributed by atoms with Crippen LogP contribution in [-0.4, -0.2) is 44.9 Å². The zero-order chi connectivity index (χ0) is 21.0. The molecule has 30 heavy (non-hydrogen) atoms. The number of hydrogen-bond donors (Lipinski definition) is 1. The molecule has 1 heterocycles. The third-order valence-corrected chi connectivity index (χ3v) is 7.13. The lowest BCUT2D eigenvalue weighted by molar-refractivity contribution is 0.0947. The molecule has 0 saturated carbocycles. The van der Waals surface area contributed by atoms with Crippen molar-refractivity contribution in [2.24, 2.45) is 0 Å². The minimum Gasteiger partial charge on any atom is -0.491 e. The summed E-state index contributed by atoms with van der Waals surface area (Å²) in [5, 5.41) is 4.94. The summed E-state index contributed by atoms with van der Waals surface area (Å²) in [6.45, 7) is 1.79. The maximum Gasteiger partial charge on any atom is 0.251 e. The van der Waals surface area contributed by atoms with E-state index in [-0.39, 0.29) is 10.8 Å². The Hall–Kier alpha value is -2.90. The van der Waals surface area contributed by atoms with Gasteiger partial charge in [0.25, 0.3) is 5.91 Å². The van der Waals surface area contributed by atoms with Crippen LogP contribution < -0.4 is 10.1 Å². The molecule has 0 spiro atoms. The molecule has 0 aliphatic carbocycles. The second kappa shape index (κ2) is 8.85. The molecule has 4 rings (SSSR count). The highest BCUT2D eigenvalue weighted by Gasteiger charge is 2.27. The van der Waals surface area contributed by atoms with Crippen molar-refractivity contribution in [3.8, 4) is 5.75 Å². The Morgan fingerprint density at radius 2 is 1.63 bits per heavy atom. The third-order valence-electron chi connectivity index (χ3n) is 5.21. The second-order valence-corrected chi connectivity index (χ2v) is 9.16. The van der Waals surface area contributed by atoms with Crippen LogP contribution in [0.25, 0.3) is 10.8 Å². The SMILES string of the molecule is O=C(NCCOc1cccc2ccccc12)c1ccc(S(=O)(=O)N2CCCC2)cc1. The first-order valence-corrected chi connectivity index (χ1v) is 11.5. The molecule has 7 heteroatoms. The van der Waals surface area contributed by atoms with Crippen molar-refractivity contribution in [3.63, 3.8) is 0 Å². The quantitative estimate of drug-likeness (QED) is 0.590. The lowest BCUT2D eigenvalue weighted by Crippen LogP contribution is -2.29. The number of carbonyl (C=O) groups is 1. The normalized spacial score (nSPS) is 14.7. The van der Waals surface area contributed by atoms with Gasteiger partial charge in [-0.3, -0.25) is 4.79 Å². The number of benzene rings is 3. The van der Waals surface area contributed by atoms with Gasteiger partial charge in [-0.15, -0.1) is 0 Å². The van der Waals surface area contributed by atoms with Crippen LogP contribution >= 0.6 is 0 Å². The highest BCUT2D eigenvalue weighted by molar-refractivity contribution is 7.89. The highest BCUT2D eigenvalue weighted by Crippen LogP contribution is 2.25. The Morgan fingerprint density at radius 3 is 2.40 bits per heavy atom. The van der Waals surface area contributed by atoms with E-state index in [1.54, 1.807) is 12.1 Å². The van der Waals surface area contributed by atoms with E-state index in [2.05, 4.69) is 5.32 Å². The molecule has 0 aromatic heterocycles. The highest BCUT2D eigenvalue weighted by atomic mass is 32.2. The van der Waals surface area contributed by atoms with E-state index in [0.29, 0.717) is 31.8 Å². The molecule has 1 aliphatic rings. The summed E-state index contributed by atoms with van der Waals surface area (Å²) < 4.78 is 32.4. The minimum absolute atomic E-state index is 0.222. The molecule has 3 aromatic carbocycles. The predicted octanol–water partition coefficient (Wildman–Crippen LogP) is 3.43. The number of ether oxygens (including phenoxy) is 1. The van der Waals surface area contributed by atoms with Crippen LogP contribution in [-0.2, 0) is 10.0 Å². The molecule has 1 N–H and O–H groups in total. The van der Waals surface area contributed by atoms with Gasteiger partial charge < -0.3 is 10.1 Å². The smallest absolute Gasteiger partial charge is 0.251 e. The molecule has 0 radical (unpaired) electrons. The van der Waals surface area contributed by atoms with Gasteiger partial charge in [0, 0.05) is 24.0 Å². The van der Waals surface area contributed by atoms with Gasteiger partial charge in [0.15, 0.2) is 0 Å². The minimum atomic E-state index is -3.47. The number of hydrogen-bond acceptors (Lipinski definition) is 4. The Balaban J connectivity index is 1.32. The molecule has 3 aromatic rings. The predicted molar refractivity (Wildman–Crippen MR) is 116 cm³/mol. The first kappa shape index (κ1) is 20.4. The van der Waals surface area contributed by atoms with Crippen LogP contribution in [0, 0.1) is 0 Å². The fraction of sp³-hybridized carbons (Fsp3) is 0.261. The largest absolute Gasteiger partial charge is 0.491 e. The van der Waals surface area contributed by atoms with Gasteiger partial charge in [-0.05, 0) is 48.6 Å². The Kier molecular flexibility index (Phi) is 6.01. The third kappa shape index (κ3) is 4.32. The van der Waals surface area contributed by atoms with Crippen LogP contribution in [0.2, 0.25) is 0 Å². The fourth-order valence-corrected chi connectivity index (χ4v) is 5.12. The van der Waals surface area contributed by atoms with Gasteiger partial charge in [0.2, 0.25) is 10.0 Å². The average molecular weight is 425 g/mol. The number of fused-ring (bicyclic) bond motifs is 1. The topological polar surface area (TPSA) is 75.7 Å². The summed E-state index contributed by atoms with van der Waals surface area (Å²) >= 11 is 0.